The molecule has 2 aromatic carbocycles. The van der Waals surface area contributed by atoms with Gasteiger partial charge >= 0.3 is 5.97 Å². The van der Waals surface area contributed by atoms with E-state index in [-0.39, 0.29) is 5.91 Å². The summed E-state index contributed by atoms with van der Waals surface area (Å²) in [6.07, 6.45) is 2.77. The highest BCUT2D eigenvalue weighted by Crippen LogP contribution is 2.25. The van der Waals surface area contributed by atoms with E-state index in [1.54, 1.807) is 6.07 Å². The van der Waals surface area contributed by atoms with Crippen LogP contribution >= 0.6 is 0 Å². The molecule has 2 rings (SSSR count). The lowest BCUT2D eigenvalue weighted by Gasteiger charge is -2.15. The van der Waals surface area contributed by atoms with E-state index in [0.717, 1.165) is 29.5 Å². The first kappa shape index (κ1) is 21.9. The van der Waals surface area contributed by atoms with E-state index in [0.29, 0.717) is 29.7 Å². The molecule has 150 valence electrons. The fourth-order valence-corrected chi connectivity index (χ4v) is 3.12. The predicted molar refractivity (Wildman–Crippen MR) is 113 cm³/mol. The highest BCUT2D eigenvalue weighted by atomic mass is 16.5. The highest BCUT2D eigenvalue weighted by Gasteiger charge is 2.18. The van der Waals surface area contributed by atoms with E-state index < -0.39 is 5.97 Å². The molecular formula is C24H26N2O3. The number of nitrogens with zero attached hydrogens (tertiary/aromatic N) is 1. The molecule has 0 aromatic heterocycles. The third-order valence-electron chi connectivity index (χ3n) is 4.60. The molecule has 0 heterocycles. The van der Waals surface area contributed by atoms with Crippen molar-refractivity contribution in [1.82, 2.24) is 5.32 Å². The number of carbonyl (C=O) groups excluding carboxylic acids is 2. The third-order valence-corrected chi connectivity index (χ3v) is 4.60. The second kappa shape index (κ2) is 10.8. The molecule has 1 amide bonds. The average molecular weight is 390 g/mol. The number of hydrogen-bond acceptors (Lipinski definition) is 4. The van der Waals surface area contributed by atoms with Crippen molar-refractivity contribution >= 4 is 11.9 Å². The van der Waals surface area contributed by atoms with Crippen molar-refractivity contribution in [3.05, 3.63) is 70.9 Å². The predicted octanol–water partition coefficient (Wildman–Crippen LogP) is 4.52. The molecule has 0 saturated carbocycles. The smallest absolute Gasteiger partial charge is 0.335 e. The van der Waals surface area contributed by atoms with Crippen molar-refractivity contribution in [2.75, 3.05) is 7.11 Å². The van der Waals surface area contributed by atoms with Crippen LogP contribution in [0.15, 0.2) is 59.8 Å². The normalized spacial score (nSPS) is 11.2. The third kappa shape index (κ3) is 6.05. The molecule has 1 N–H and O–H groups in total. The van der Waals surface area contributed by atoms with Gasteiger partial charge in [-0.2, -0.15) is 5.26 Å². The van der Waals surface area contributed by atoms with Gasteiger partial charge in [0, 0.05) is 19.0 Å². The minimum Gasteiger partial charge on any atom is -0.466 e. The number of esters is 1. The van der Waals surface area contributed by atoms with Gasteiger partial charge in [-0.25, -0.2) is 4.79 Å². The monoisotopic (exact) mass is 390 g/mol. The van der Waals surface area contributed by atoms with E-state index in [9.17, 15) is 14.9 Å². The number of allylic oxidation sites excluding steroid dienone is 1. The lowest BCUT2D eigenvalue weighted by Crippen LogP contribution is -2.24. The van der Waals surface area contributed by atoms with Crippen LogP contribution in [0.5, 0.6) is 0 Å². The molecule has 2 aromatic rings. The summed E-state index contributed by atoms with van der Waals surface area (Å²) in [6, 6.07) is 17.4. The standard InChI is InChI=1S/C24H26N2O3/c1-4-5-10-23(26-17(2)27)22(24(28)29-3)15-18-11-13-19(14-12-18)21-9-7-6-8-20(21)16-25/h6-9,11-14H,4-5,10,15H2,1-3H3,(H,26,27). The van der Waals surface area contributed by atoms with Crippen molar-refractivity contribution < 1.29 is 14.3 Å². The van der Waals surface area contributed by atoms with Gasteiger partial charge in [0.15, 0.2) is 0 Å². The molecule has 0 aliphatic heterocycles. The Balaban J connectivity index is 2.36. The number of carbonyl (C=O) groups is 2. The second-order valence-corrected chi connectivity index (χ2v) is 6.76. The summed E-state index contributed by atoms with van der Waals surface area (Å²) in [7, 11) is 1.34. The topological polar surface area (TPSA) is 79.2 Å². The number of nitriles is 1. The molecule has 0 spiro atoms. The molecular weight excluding hydrogens is 364 g/mol. The number of methoxy groups -OCH3 is 1. The zero-order valence-electron chi connectivity index (χ0n) is 17.1. The number of benzene rings is 2. The van der Waals surface area contributed by atoms with Gasteiger partial charge in [0.05, 0.1) is 24.3 Å². The van der Waals surface area contributed by atoms with Gasteiger partial charge in [-0.05, 0) is 35.6 Å². The summed E-state index contributed by atoms with van der Waals surface area (Å²) in [5.74, 6) is -0.648. The number of unbranched alkanes of at least 4 members (excludes halogenated alkanes) is 1. The summed E-state index contributed by atoms with van der Waals surface area (Å²) in [4.78, 5) is 24.0. The Morgan fingerprint density at radius 2 is 1.79 bits per heavy atom. The van der Waals surface area contributed by atoms with Crippen LogP contribution in [-0.4, -0.2) is 19.0 Å². The van der Waals surface area contributed by atoms with Gasteiger partial charge in [-0.3, -0.25) is 4.79 Å². The molecule has 0 atom stereocenters. The van der Waals surface area contributed by atoms with Gasteiger partial charge in [0.2, 0.25) is 5.91 Å². The Morgan fingerprint density at radius 3 is 2.38 bits per heavy atom. The first-order valence-corrected chi connectivity index (χ1v) is 9.66. The molecule has 0 radical (unpaired) electrons. The molecule has 0 fully saturated rings. The quantitative estimate of drug-likeness (QED) is 0.531. The maximum Gasteiger partial charge on any atom is 0.335 e. The van der Waals surface area contributed by atoms with Crippen LogP contribution in [0.3, 0.4) is 0 Å². The summed E-state index contributed by atoms with van der Waals surface area (Å²) in [6.45, 7) is 3.49. The van der Waals surface area contributed by atoms with E-state index in [2.05, 4.69) is 18.3 Å². The van der Waals surface area contributed by atoms with Gasteiger partial charge < -0.3 is 10.1 Å². The first-order chi connectivity index (χ1) is 14.0. The van der Waals surface area contributed by atoms with Crippen LogP contribution < -0.4 is 5.32 Å². The van der Waals surface area contributed by atoms with Gasteiger partial charge in [-0.1, -0.05) is 55.8 Å². The van der Waals surface area contributed by atoms with Crippen molar-refractivity contribution in [1.29, 1.82) is 5.26 Å². The first-order valence-electron chi connectivity index (χ1n) is 9.66. The minimum absolute atomic E-state index is 0.207. The summed E-state index contributed by atoms with van der Waals surface area (Å²) >= 11 is 0. The zero-order chi connectivity index (χ0) is 21.2. The van der Waals surface area contributed by atoms with Crippen molar-refractivity contribution in [3.63, 3.8) is 0 Å². The van der Waals surface area contributed by atoms with Crippen LogP contribution in [0.25, 0.3) is 11.1 Å². The number of hydrogen-bond donors (Lipinski definition) is 1. The second-order valence-electron chi connectivity index (χ2n) is 6.76. The highest BCUT2D eigenvalue weighted by molar-refractivity contribution is 5.91. The summed E-state index contributed by atoms with van der Waals surface area (Å²) in [5, 5.41) is 12.1. The largest absolute Gasteiger partial charge is 0.466 e. The maximum absolute atomic E-state index is 12.4. The Hall–Kier alpha value is -3.39. The number of amides is 1. The van der Waals surface area contributed by atoms with E-state index in [1.165, 1.54) is 14.0 Å². The molecule has 0 unspecified atom stereocenters. The number of nitrogens with one attached hydrogen (secondary N) is 1. The number of rotatable bonds is 8. The zero-order valence-corrected chi connectivity index (χ0v) is 17.1. The number of ether oxygens (including phenoxy) is 1. The van der Waals surface area contributed by atoms with E-state index in [1.807, 2.05) is 42.5 Å². The summed E-state index contributed by atoms with van der Waals surface area (Å²) in [5.41, 5.74) is 4.41. The van der Waals surface area contributed by atoms with Gasteiger partial charge in [-0.15, -0.1) is 0 Å². The lowest BCUT2D eigenvalue weighted by molar-refractivity contribution is -0.136. The van der Waals surface area contributed by atoms with Gasteiger partial charge in [0.1, 0.15) is 0 Å². The fraction of sp³-hybridized carbons (Fsp3) is 0.292. The molecule has 0 saturated heterocycles. The van der Waals surface area contributed by atoms with Crippen LogP contribution in [-0.2, 0) is 20.7 Å². The Bertz CT molecular complexity index is 937. The van der Waals surface area contributed by atoms with Crippen LogP contribution in [0, 0.1) is 11.3 Å². The van der Waals surface area contributed by atoms with Crippen molar-refractivity contribution in [2.45, 2.75) is 39.5 Å². The summed E-state index contributed by atoms with van der Waals surface area (Å²) < 4.78 is 4.97. The Kier molecular flexibility index (Phi) is 8.17. The SMILES string of the molecule is CCCCC(NC(C)=O)=C(Cc1ccc(-c2ccccc2C#N)cc1)C(=O)OC. The molecule has 5 nitrogen and oxygen atoms in total. The van der Waals surface area contributed by atoms with Gasteiger partial charge in [0.25, 0.3) is 0 Å². The van der Waals surface area contributed by atoms with Crippen LogP contribution in [0.2, 0.25) is 0 Å². The van der Waals surface area contributed by atoms with Crippen LogP contribution in [0.4, 0.5) is 0 Å². The Morgan fingerprint density at radius 1 is 1.10 bits per heavy atom. The van der Waals surface area contributed by atoms with E-state index >= 15 is 0 Å². The minimum atomic E-state index is -0.441. The molecule has 0 aliphatic carbocycles. The fourth-order valence-electron chi connectivity index (χ4n) is 3.12. The van der Waals surface area contributed by atoms with Crippen LogP contribution in [0.1, 0.15) is 44.2 Å². The lowest BCUT2D eigenvalue weighted by atomic mass is 9.96. The van der Waals surface area contributed by atoms with E-state index in [4.69, 9.17) is 4.74 Å². The van der Waals surface area contributed by atoms with Crippen molar-refractivity contribution in [3.8, 4) is 17.2 Å². The molecule has 5 heteroatoms. The Labute approximate surface area is 172 Å². The maximum atomic E-state index is 12.4. The molecule has 0 bridgehead atoms. The molecule has 0 aliphatic rings. The average Bonchev–Trinajstić information content (AvgIpc) is 2.74. The molecule has 29 heavy (non-hydrogen) atoms. The van der Waals surface area contributed by atoms with Crippen molar-refractivity contribution in [2.24, 2.45) is 0 Å².